The zero-order valence-corrected chi connectivity index (χ0v) is 9.50. The Morgan fingerprint density at radius 3 is 2.73 bits per heavy atom. The summed E-state index contributed by atoms with van der Waals surface area (Å²) in [5, 5.41) is 0.642. The minimum Gasteiger partial charge on any atom is -0.460 e. The van der Waals surface area contributed by atoms with Crippen LogP contribution in [0.25, 0.3) is 0 Å². The van der Waals surface area contributed by atoms with Gasteiger partial charge >= 0.3 is 5.97 Å². The van der Waals surface area contributed by atoms with Crippen LogP contribution in [0.15, 0.2) is 18.2 Å². The largest absolute Gasteiger partial charge is 0.460 e. The van der Waals surface area contributed by atoms with Gasteiger partial charge in [0.25, 0.3) is 0 Å². The van der Waals surface area contributed by atoms with Crippen molar-refractivity contribution in [2.45, 2.75) is 6.92 Å². The third kappa shape index (κ3) is 3.53. The van der Waals surface area contributed by atoms with Crippen LogP contribution >= 0.6 is 11.6 Å². The van der Waals surface area contributed by atoms with Gasteiger partial charge in [0, 0.05) is 12.1 Å². The van der Waals surface area contributed by atoms with Gasteiger partial charge in [-0.3, -0.25) is 0 Å². The average Bonchev–Trinajstić information content (AvgIpc) is 2.22. The topological polar surface area (TPSA) is 35.5 Å². The molecule has 82 valence electrons. The van der Waals surface area contributed by atoms with E-state index in [0.29, 0.717) is 17.2 Å². The lowest BCUT2D eigenvalue weighted by Gasteiger charge is -2.05. The normalized spacial score (nSPS) is 10.1. The van der Waals surface area contributed by atoms with E-state index in [-0.39, 0.29) is 12.6 Å². The molecule has 0 saturated heterocycles. The smallest absolute Gasteiger partial charge is 0.338 e. The van der Waals surface area contributed by atoms with Gasteiger partial charge < -0.3 is 9.47 Å². The number of aryl methyl sites for hydroxylation is 1. The molecule has 0 saturated carbocycles. The summed E-state index contributed by atoms with van der Waals surface area (Å²) >= 11 is 5.84. The minimum absolute atomic E-state index is 0.261. The van der Waals surface area contributed by atoms with Crippen LogP contribution in [0, 0.1) is 6.92 Å². The first-order chi connectivity index (χ1) is 7.15. The Bertz CT molecular complexity index is 350. The highest BCUT2D eigenvalue weighted by atomic mass is 35.5. The average molecular weight is 229 g/mol. The van der Waals surface area contributed by atoms with Crippen molar-refractivity contribution < 1.29 is 14.3 Å². The van der Waals surface area contributed by atoms with E-state index < -0.39 is 0 Å². The third-order valence-electron chi connectivity index (χ3n) is 1.91. The number of methoxy groups -OCH3 is 1. The summed E-state index contributed by atoms with van der Waals surface area (Å²) in [5.41, 5.74) is 1.37. The van der Waals surface area contributed by atoms with Gasteiger partial charge in [-0.15, -0.1) is 0 Å². The fraction of sp³-hybridized carbons (Fsp3) is 0.364. The molecule has 4 heteroatoms. The lowest BCUT2D eigenvalue weighted by Crippen LogP contribution is -2.09. The molecule has 3 nitrogen and oxygen atoms in total. The third-order valence-corrected chi connectivity index (χ3v) is 2.34. The van der Waals surface area contributed by atoms with E-state index in [9.17, 15) is 4.79 Å². The summed E-state index contributed by atoms with van der Waals surface area (Å²) in [4.78, 5) is 11.5. The Labute approximate surface area is 93.9 Å². The van der Waals surface area contributed by atoms with Crippen LogP contribution in [0.3, 0.4) is 0 Å². The SMILES string of the molecule is COCCOC(=O)c1ccc(Cl)c(C)c1. The monoisotopic (exact) mass is 228 g/mol. The maximum atomic E-state index is 11.5. The first kappa shape index (κ1) is 12.0. The van der Waals surface area contributed by atoms with Crippen LogP contribution < -0.4 is 0 Å². The van der Waals surface area contributed by atoms with Gasteiger partial charge in [0.15, 0.2) is 0 Å². The van der Waals surface area contributed by atoms with Gasteiger partial charge in [0.05, 0.1) is 12.2 Å². The predicted octanol–water partition coefficient (Wildman–Crippen LogP) is 2.45. The van der Waals surface area contributed by atoms with Crippen molar-refractivity contribution in [3.8, 4) is 0 Å². The maximum absolute atomic E-state index is 11.5. The Kier molecular flexibility index (Phi) is 4.59. The summed E-state index contributed by atoms with van der Waals surface area (Å²) in [6.45, 7) is 2.50. The second kappa shape index (κ2) is 5.73. The van der Waals surface area contributed by atoms with E-state index in [1.165, 1.54) is 0 Å². The number of ether oxygens (including phenoxy) is 2. The highest BCUT2D eigenvalue weighted by molar-refractivity contribution is 6.31. The van der Waals surface area contributed by atoms with Crippen LogP contribution in [-0.2, 0) is 9.47 Å². The summed E-state index contributed by atoms with van der Waals surface area (Å²) in [6, 6.07) is 5.03. The van der Waals surface area contributed by atoms with Crippen LogP contribution in [-0.4, -0.2) is 26.3 Å². The van der Waals surface area contributed by atoms with Gasteiger partial charge in [0.1, 0.15) is 6.61 Å². The Morgan fingerprint density at radius 1 is 1.40 bits per heavy atom. The van der Waals surface area contributed by atoms with Gasteiger partial charge in [-0.2, -0.15) is 0 Å². The fourth-order valence-corrected chi connectivity index (χ4v) is 1.19. The molecule has 0 spiro atoms. The zero-order valence-electron chi connectivity index (χ0n) is 8.75. The molecular formula is C11H13ClO3. The van der Waals surface area contributed by atoms with Crippen molar-refractivity contribution in [1.29, 1.82) is 0 Å². The summed E-state index contributed by atoms with van der Waals surface area (Å²) in [6.07, 6.45) is 0. The molecule has 0 radical (unpaired) electrons. The summed E-state index contributed by atoms with van der Waals surface area (Å²) in [5.74, 6) is -0.355. The van der Waals surface area contributed by atoms with Crippen molar-refractivity contribution in [2.75, 3.05) is 20.3 Å². The number of benzene rings is 1. The molecule has 0 aliphatic carbocycles. The first-order valence-corrected chi connectivity index (χ1v) is 4.95. The first-order valence-electron chi connectivity index (χ1n) is 4.57. The molecule has 0 amide bonds. The molecule has 0 aliphatic rings. The van der Waals surface area contributed by atoms with Crippen molar-refractivity contribution in [2.24, 2.45) is 0 Å². The number of hydrogen-bond acceptors (Lipinski definition) is 3. The molecule has 0 fully saturated rings. The van der Waals surface area contributed by atoms with E-state index in [1.54, 1.807) is 25.3 Å². The Balaban J connectivity index is 2.62. The van der Waals surface area contributed by atoms with E-state index in [0.717, 1.165) is 5.56 Å². The second-order valence-electron chi connectivity index (χ2n) is 3.09. The van der Waals surface area contributed by atoms with E-state index in [4.69, 9.17) is 21.1 Å². The van der Waals surface area contributed by atoms with Gasteiger partial charge in [-0.1, -0.05) is 11.6 Å². The second-order valence-corrected chi connectivity index (χ2v) is 3.50. The number of halogens is 1. The highest BCUT2D eigenvalue weighted by Crippen LogP contribution is 2.16. The number of carbonyl (C=O) groups is 1. The molecule has 15 heavy (non-hydrogen) atoms. The quantitative estimate of drug-likeness (QED) is 0.587. The Morgan fingerprint density at radius 2 is 2.13 bits per heavy atom. The molecular weight excluding hydrogens is 216 g/mol. The molecule has 0 bridgehead atoms. The van der Waals surface area contributed by atoms with Gasteiger partial charge in [-0.05, 0) is 30.7 Å². The molecule has 0 heterocycles. The van der Waals surface area contributed by atoms with Crippen molar-refractivity contribution >= 4 is 17.6 Å². The predicted molar refractivity (Wildman–Crippen MR) is 58.3 cm³/mol. The van der Waals surface area contributed by atoms with E-state index in [2.05, 4.69) is 0 Å². The minimum atomic E-state index is -0.355. The fourth-order valence-electron chi connectivity index (χ4n) is 1.07. The molecule has 1 aromatic rings. The van der Waals surface area contributed by atoms with Crippen molar-refractivity contribution in [3.05, 3.63) is 34.3 Å². The highest BCUT2D eigenvalue weighted by Gasteiger charge is 2.07. The number of carbonyl (C=O) groups excluding carboxylic acids is 1. The number of hydrogen-bond donors (Lipinski definition) is 0. The van der Waals surface area contributed by atoms with E-state index in [1.807, 2.05) is 6.92 Å². The summed E-state index contributed by atoms with van der Waals surface area (Å²) < 4.78 is 9.73. The van der Waals surface area contributed by atoms with Gasteiger partial charge in [0.2, 0.25) is 0 Å². The maximum Gasteiger partial charge on any atom is 0.338 e. The molecule has 1 aromatic carbocycles. The Hall–Kier alpha value is -1.06. The summed E-state index contributed by atoms with van der Waals surface area (Å²) in [7, 11) is 1.56. The lowest BCUT2D eigenvalue weighted by molar-refractivity contribution is 0.0388. The molecule has 0 N–H and O–H groups in total. The zero-order chi connectivity index (χ0) is 11.3. The molecule has 0 atom stereocenters. The van der Waals surface area contributed by atoms with Crippen LogP contribution in [0.2, 0.25) is 5.02 Å². The van der Waals surface area contributed by atoms with E-state index >= 15 is 0 Å². The van der Waals surface area contributed by atoms with Crippen molar-refractivity contribution in [3.63, 3.8) is 0 Å². The molecule has 1 rings (SSSR count). The van der Waals surface area contributed by atoms with Crippen LogP contribution in [0.4, 0.5) is 0 Å². The van der Waals surface area contributed by atoms with Crippen LogP contribution in [0.5, 0.6) is 0 Å². The number of rotatable bonds is 4. The van der Waals surface area contributed by atoms with Crippen LogP contribution in [0.1, 0.15) is 15.9 Å². The molecule has 0 aliphatic heterocycles. The molecule has 0 unspecified atom stereocenters. The lowest BCUT2D eigenvalue weighted by atomic mass is 10.1. The van der Waals surface area contributed by atoms with Crippen molar-refractivity contribution in [1.82, 2.24) is 0 Å². The molecule has 0 aromatic heterocycles. The van der Waals surface area contributed by atoms with Gasteiger partial charge in [-0.25, -0.2) is 4.79 Å². The number of esters is 1. The standard InChI is InChI=1S/C11H13ClO3/c1-8-7-9(3-4-10(8)12)11(13)15-6-5-14-2/h3-4,7H,5-6H2,1-2H3.